The molecule has 0 saturated heterocycles. The average molecular weight is 150 g/mol. The number of rotatable bonds is 2. The highest BCUT2D eigenvalue weighted by molar-refractivity contribution is 5.44. The molecule has 0 aromatic heterocycles. The van der Waals surface area contributed by atoms with Crippen LogP contribution in [0.5, 0.6) is 0 Å². The highest BCUT2D eigenvalue weighted by atomic mass is 15.0. The normalized spacial score (nSPS) is 69.5. The number of fused-ring (bicyclic) bond motifs is 3. The molecule has 0 radical (unpaired) electrons. The Morgan fingerprint density at radius 2 is 2.09 bits per heavy atom. The summed E-state index contributed by atoms with van der Waals surface area (Å²) in [5.74, 6) is 3.41. The van der Waals surface area contributed by atoms with Crippen LogP contribution < -0.4 is 0 Å². The zero-order valence-electron chi connectivity index (χ0n) is 7.85. The molecule has 0 N–H and O–H groups in total. The van der Waals surface area contributed by atoms with Crippen LogP contribution in [0.2, 0.25) is 0 Å². The predicted octanol–water partition coefficient (Wildman–Crippen LogP) is 3.08. The van der Waals surface area contributed by atoms with Gasteiger partial charge in [-0.15, -0.1) is 0 Å². The van der Waals surface area contributed by atoms with Crippen LogP contribution >= 0.6 is 0 Å². The van der Waals surface area contributed by atoms with Gasteiger partial charge in [-0.05, 0) is 35.0 Å². The van der Waals surface area contributed by atoms with E-state index in [2.05, 4.69) is 20.8 Å². The molecule has 11 heavy (non-hydrogen) atoms. The zero-order chi connectivity index (χ0) is 7.85. The molecule has 62 valence electrons. The maximum atomic E-state index is 2.53. The summed E-state index contributed by atoms with van der Waals surface area (Å²) in [6.07, 6.45) is 4.51. The minimum absolute atomic E-state index is 0.854. The van der Waals surface area contributed by atoms with Crippen LogP contribution in [0.4, 0.5) is 0 Å². The van der Waals surface area contributed by atoms with Gasteiger partial charge >= 0.3 is 0 Å². The van der Waals surface area contributed by atoms with E-state index in [-0.39, 0.29) is 0 Å². The van der Waals surface area contributed by atoms with Gasteiger partial charge in [-0.1, -0.05) is 33.6 Å². The SMILES string of the molecule is CCCC1CC12C1C(C)C12C. The van der Waals surface area contributed by atoms with E-state index in [0.717, 1.165) is 22.7 Å². The molecule has 0 nitrogen and oxygen atoms in total. The molecule has 0 heteroatoms. The Hall–Kier alpha value is 0. The highest BCUT2D eigenvalue weighted by Crippen LogP contribution is 3.01. The number of hydrogen-bond acceptors (Lipinski definition) is 0. The van der Waals surface area contributed by atoms with Crippen molar-refractivity contribution < 1.29 is 0 Å². The third kappa shape index (κ3) is 0.421. The third-order valence-corrected chi connectivity index (χ3v) is 5.25. The van der Waals surface area contributed by atoms with Crippen LogP contribution in [-0.4, -0.2) is 0 Å². The molecule has 0 heterocycles. The Morgan fingerprint density at radius 1 is 1.45 bits per heavy atom. The first-order chi connectivity index (χ1) is 5.19. The van der Waals surface area contributed by atoms with Crippen molar-refractivity contribution in [3.63, 3.8) is 0 Å². The van der Waals surface area contributed by atoms with Gasteiger partial charge in [-0.25, -0.2) is 0 Å². The van der Waals surface area contributed by atoms with Crippen molar-refractivity contribution in [1.29, 1.82) is 0 Å². The first-order valence-corrected chi connectivity index (χ1v) is 5.19. The first-order valence-electron chi connectivity index (χ1n) is 5.19. The maximum Gasteiger partial charge on any atom is -0.0170 e. The summed E-state index contributed by atoms with van der Waals surface area (Å²) in [7, 11) is 0. The van der Waals surface area contributed by atoms with Crippen molar-refractivity contribution in [2.45, 2.75) is 40.0 Å². The molecule has 3 aliphatic rings. The molecule has 1 spiro atoms. The van der Waals surface area contributed by atoms with E-state index >= 15 is 0 Å². The summed E-state index contributed by atoms with van der Waals surface area (Å²) in [5, 5.41) is 0. The molecule has 0 amide bonds. The molecule has 3 rings (SSSR count). The summed E-state index contributed by atoms with van der Waals surface area (Å²) in [6.45, 7) is 7.29. The number of hydrogen-bond donors (Lipinski definition) is 0. The topological polar surface area (TPSA) is 0 Å². The van der Waals surface area contributed by atoms with Gasteiger partial charge in [-0.2, -0.15) is 0 Å². The molecule has 0 aromatic rings. The Balaban J connectivity index is 1.70. The van der Waals surface area contributed by atoms with Crippen LogP contribution in [0.25, 0.3) is 0 Å². The fourth-order valence-electron chi connectivity index (χ4n) is 4.38. The standard InChI is InChI=1S/C11H18/c1-4-5-8-6-11(8)9-7(2)10(9,11)3/h7-9H,4-6H2,1-3H3. The van der Waals surface area contributed by atoms with Crippen molar-refractivity contribution >= 4 is 0 Å². The second kappa shape index (κ2) is 1.41. The van der Waals surface area contributed by atoms with Crippen molar-refractivity contribution in [3.05, 3.63) is 0 Å². The molecule has 3 aliphatic carbocycles. The summed E-state index contributed by atoms with van der Waals surface area (Å²) in [4.78, 5) is 0. The lowest BCUT2D eigenvalue weighted by Crippen LogP contribution is -2.06. The smallest absolute Gasteiger partial charge is 0.0170 e. The Labute approximate surface area is 69.4 Å². The molecule has 3 saturated carbocycles. The summed E-state index contributed by atoms with van der Waals surface area (Å²) < 4.78 is 0. The van der Waals surface area contributed by atoms with Crippen molar-refractivity contribution in [3.8, 4) is 0 Å². The van der Waals surface area contributed by atoms with Crippen LogP contribution in [-0.2, 0) is 0 Å². The van der Waals surface area contributed by atoms with E-state index in [9.17, 15) is 0 Å². The minimum Gasteiger partial charge on any atom is -0.0654 e. The highest BCUT2D eigenvalue weighted by Gasteiger charge is 2.97. The van der Waals surface area contributed by atoms with Crippen molar-refractivity contribution in [2.75, 3.05) is 0 Å². The van der Waals surface area contributed by atoms with Crippen molar-refractivity contribution in [1.82, 2.24) is 0 Å². The molecule has 0 aromatic carbocycles. The third-order valence-electron chi connectivity index (χ3n) is 5.25. The summed E-state index contributed by atoms with van der Waals surface area (Å²) >= 11 is 0. The first kappa shape index (κ1) is 6.51. The van der Waals surface area contributed by atoms with Gasteiger partial charge in [0.05, 0.1) is 0 Å². The Bertz CT molecular complexity index is 220. The lowest BCUT2D eigenvalue weighted by Gasteiger charge is -2.11. The second-order valence-corrected chi connectivity index (χ2v) is 5.28. The lowest BCUT2D eigenvalue weighted by molar-refractivity contribution is 0.362. The van der Waals surface area contributed by atoms with Gasteiger partial charge in [-0.3, -0.25) is 0 Å². The quantitative estimate of drug-likeness (QED) is 0.567. The average Bonchev–Trinajstić information content (AvgIpc) is 2.83. The maximum absolute atomic E-state index is 2.53. The molecule has 5 unspecified atom stereocenters. The Kier molecular flexibility index (Phi) is 0.832. The van der Waals surface area contributed by atoms with Crippen LogP contribution in [0.3, 0.4) is 0 Å². The van der Waals surface area contributed by atoms with Crippen LogP contribution in [0, 0.1) is 28.6 Å². The van der Waals surface area contributed by atoms with Gasteiger partial charge in [0.2, 0.25) is 0 Å². The fourth-order valence-corrected chi connectivity index (χ4v) is 4.38. The minimum atomic E-state index is 0.854. The summed E-state index contributed by atoms with van der Waals surface area (Å²) in [5.41, 5.74) is 1.79. The van der Waals surface area contributed by atoms with Crippen LogP contribution in [0.1, 0.15) is 40.0 Å². The fraction of sp³-hybridized carbons (Fsp3) is 1.00. The van der Waals surface area contributed by atoms with E-state index in [1.54, 1.807) is 6.42 Å². The van der Waals surface area contributed by atoms with Gasteiger partial charge in [0.1, 0.15) is 0 Å². The van der Waals surface area contributed by atoms with Gasteiger partial charge in [0.15, 0.2) is 0 Å². The predicted molar refractivity (Wildman–Crippen MR) is 46.2 cm³/mol. The Morgan fingerprint density at radius 3 is 2.55 bits per heavy atom. The van der Waals surface area contributed by atoms with E-state index < -0.39 is 0 Å². The second-order valence-electron chi connectivity index (χ2n) is 5.28. The van der Waals surface area contributed by atoms with Gasteiger partial charge < -0.3 is 0 Å². The molecular formula is C11H18. The van der Waals surface area contributed by atoms with Gasteiger partial charge in [0.25, 0.3) is 0 Å². The monoisotopic (exact) mass is 150 g/mol. The molecule has 0 bridgehead atoms. The largest absolute Gasteiger partial charge is 0.0654 e. The van der Waals surface area contributed by atoms with E-state index in [1.165, 1.54) is 18.8 Å². The molecule has 0 aliphatic heterocycles. The van der Waals surface area contributed by atoms with Crippen molar-refractivity contribution in [2.24, 2.45) is 28.6 Å². The van der Waals surface area contributed by atoms with E-state index in [4.69, 9.17) is 0 Å². The molecule has 3 fully saturated rings. The van der Waals surface area contributed by atoms with E-state index in [0.29, 0.717) is 0 Å². The lowest BCUT2D eigenvalue weighted by atomic mass is 9.93. The van der Waals surface area contributed by atoms with E-state index in [1.807, 2.05) is 0 Å². The molecular weight excluding hydrogens is 132 g/mol. The molecule has 5 atom stereocenters. The zero-order valence-corrected chi connectivity index (χ0v) is 7.85. The van der Waals surface area contributed by atoms with Gasteiger partial charge in [0, 0.05) is 0 Å². The van der Waals surface area contributed by atoms with Crippen LogP contribution in [0.15, 0.2) is 0 Å². The summed E-state index contributed by atoms with van der Waals surface area (Å²) in [6, 6.07) is 0.